The summed E-state index contributed by atoms with van der Waals surface area (Å²) in [6.45, 7) is 5.89. The largest absolute Gasteiger partial charge is 0.349 e. The second-order valence-electron chi connectivity index (χ2n) is 6.12. The molecular weight excluding hydrogens is 343 g/mol. The molecule has 1 amide bonds. The molecule has 2 aromatic rings. The molecule has 25 heavy (non-hydrogen) atoms. The number of amides is 1. The highest BCUT2D eigenvalue weighted by atomic mass is 32.2. The van der Waals surface area contributed by atoms with E-state index in [2.05, 4.69) is 10.0 Å². The summed E-state index contributed by atoms with van der Waals surface area (Å²) in [5.41, 5.74) is 0.229. The molecule has 1 atom stereocenters. The Kier molecular flexibility index (Phi) is 5.79. The van der Waals surface area contributed by atoms with Gasteiger partial charge in [0.15, 0.2) is 0 Å². The van der Waals surface area contributed by atoms with Crippen molar-refractivity contribution in [1.29, 1.82) is 0 Å². The monoisotopic (exact) mass is 364 g/mol. The highest BCUT2D eigenvalue weighted by Crippen LogP contribution is 2.19. The lowest BCUT2D eigenvalue weighted by molar-refractivity contribution is 0.0930. The molecule has 0 aliphatic carbocycles. The number of hydrogen-bond acceptors (Lipinski definition) is 3. The van der Waals surface area contributed by atoms with E-state index in [9.17, 15) is 17.6 Å². The first-order valence-electron chi connectivity index (χ1n) is 7.89. The summed E-state index contributed by atoms with van der Waals surface area (Å²) in [7, 11) is -3.94. The minimum atomic E-state index is -3.94. The van der Waals surface area contributed by atoms with Crippen molar-refractivity contribution in [3.63, 3.8) is 0 Å². The average molecular weight is 364 g/mol. The van der Waals surface area contributed by atoms with Crippen molar-refractivity contribution in [3.05, 3.63) is 59.9 Å². The number of nitrogens with one attached hydrogen (secondary N) is 2. The number of carbonyl (C=O) groups is 1. The number of para-hydroxylation sites is 1. The van der Waals surface area contributed by atoms with Gasteiger partial charge in [-0.1, -0.05) is 26.0 Å². The molecule has 1 unspecified atom stereocenters. The maximum absolute atomic E-state index is 13.6. The number of halogens is 1. The normalized spacial score (nSPS) is 12.7. The van der Waals surface area contributed by atoms with Crippen LogP contribution in [0, 0.1) is 11.7 Å². The van der Waals surface area contributed by atoms with E-state index in [-0.39, 0.29) is 28.4 Å². The molecule has 0 bridgehead atoms. The number of carbonyl (C=O) groups excluding carboxylic acids is 1. The van der Waals surface area contributed by atoms with Crippen molar-refractivity contribution in [3.8, 4) is 0 Å². The Morgan fingerprint density at radius 1 is 1.00 bits per heavy atom. The molecule has 5 nitrogen and oxygen atoms in total. The van der Waals surface area contributed by atoms with E-state index in [0.717, 1.165) is 0 Å². The molecule has 0 aromatic heterocycles. The Labute approximate surface area is 147 Å². The third kappa shape index (κ3) is 4.79. The van der Waals surface area contributed by atoms with E-state index in [1.165, 1.54) is 48.5 Å². The highest BCUT2D eigenvalue weighted by Gasteiger charge is 2.18. The van der Waals surface area contributed by atoms with Crippen molar-refractivity contribution < 1.29 is 17.6 Å². The van der Waals surface area contributed by atoms with Crippen LogP contribution in [0.1, 0.15) is 31.1 Å². The Balaban J connectivity index is 2.16. The van der Waals surface area contributed by atoms with Gasteiger partial charge in [0.05, 0.1) is 10.6 Å². The van der Waals surface area contributed by atoms with Gasteiger partial charge in [0, 0.05) is 11.6 Å². The summed E-state index contributed by atoms with van der Waals surface area (Å²) >= 11 is 0. The predicted octanol–water partition coefficient (Wildman–Crippen LogP) is 3.40. The van der Waals surface area contributed by atoms with E-state index < -0.39 is 15.8 Å². The van der Waals surface area contributed by atoms with Gasteiger partial charge in [-0.2, -0.15) is 0 Å². The van der Waals surface area contributed by atoms with Crippen LogP contribution in [0.15, 0.2) is 53.4 Å². The van der Waals surface area contributed by atoms with Crippen LogP contribution in [-0.2, 0) is 10.0 Å². The maximum atomic E-state index is 13.6. The highest BCUT2D eigenvalue weighted by molar-refractivity contribution is 7.92. The number of hydrogen-bond donors (Lipinski definition) is 2. The van der Waals surface area contributed by atoms with E-state index in [1.54, 1.807) is 0 Å². The van der Waals surface area contributed by atoms with Crippen molar-refractivity contribution >= 4 is 21.6 Å². The molecule has 0 aliphatic rings. The molecule has 7 heteroatoms. The number of benzene rings is 2. The van der Waals surface area contributed by atoms with Crippen LogP contribution in [0.3, 0.4) is 0 Å². The molecule has 0 heterocycles. The van der Waals surface area contributed by atoms with Gasteiger partial charge in [0.2, 0.25) is 0 Å². The quantitative estimate of drug-likeness (QED) is 0.825. The van der Waals surface area contributed by atoms with Crippen molar-refractivity contribution in [2.45, 2.75) is 31.7 Å². The fourth-order valence-corrected chi connectivity index (χ4v) is 3.06. The molecule has 0 saturated heterocycles. The van der Waals surface area contributed by atoms with E-state index in [0.29, 0.717) is 5.56 Å². The molecular formula is C18H21FN2O3S. The molecule has 2 aromatic carbocycles. The average Bonchev–Trinajstić information content (AvgIpc) is 2.56. The Hall–Kier alpha value is -2.41. The van der Waals surface area contributed by atoms with Gasteiger partial charge in [-0.25, -0.2) is 12.8 Å². The third-order valence-corrected chi connectivity index (χ3v) is 5.29. The number of rotatable bonds is 6. The van der Waals surface area contributed by atoms with Gasteiger partial charge in [0.25, 0.3) is 15.9 Å². The summed E-state index contributed by atoms with van der Waals surface area (Å²) in [5, 5.41) is 2.85. The number of sulfonamides is 1. The van der Waals surface area contributed by atoms with Gasteiger partial charge in [-0.3, -0.25) is 9.52 Å². The smallest absolute Gasteiger partial charge is 0.261 e. The lowest BCUT2D eigenvalue weighted by Gasteiger charge is -2.17. The third-order valence-electron chi connectivity index (χ3n) is 3.90. The molecule has 0 spiro atoms. The van der Waals surface area contributed by atoms with E-state index in [4.69, 9.17) is 0 Å². The summed E-state index contributed by atoms with van der Waals surface area (Å²) in [6.07, 6.45) is 0. The van der Waals surface area contributed by atoms with Crippen LogP contribution < -0.4 is 10.0 Å². The zero-order chi connectivity index (χ0) is 18.6. The molecule has 0 radical (unpaired) electrons. The van der Waals surface area contributed by atoms with Gasteiger partial charge < -0.3 is 5.32 Å². The van der Waals surface area contributed by atoms with Crippen LogP contribution >= 0.6 is 0 Å². The Morgan fingerprint density at radius 2 is 1.60 bits per heavy atom. The van der Waals surface area contributed by atoms with E-state index in [1.807, 2.05) is 20.8 Å². The lowest BCUT2D eigenvalue weighted by atomic mass is 10.1. The standard InChI is InChI=1S/C18H21FN2O3S/c1-12(2)13(3)20-18(22)14-8-10-15(11-9-14)25(23,24)21-17-7-5-4-6-16(17)19/h4-13,21H,1-3H3,(H,20,22). The first-order chi connectivity index (χ1) is 11.7. The summed E-state index contributed by atoms with van der Waals surface area (Å²) in [5.74, 6) is -0.648. The lowest BCUT2D eigenvalue weighted by Crippen LogP contribution is -2.36. The summed E-state index contributed by atoms with van der Waals surface area (Å²) in [6, 6.07) is 11.0. The summed E-state index contributed by atoms with van der Waals surface area (Å²) in [4.78, 5) is 12.1. The number of anilines is 1. The molecule has 0 saturated carbocycles. The second kappa shape index (κ2) is 7.65. The fraction of sp³-hybridized carbons (Fsp3) is 0.278. The zero-order valence-corrected chi connectivity index (χ0v) is 15.1. The SMILES string of the molecule is CC(C)C(C)NC(=O)c1ccc(S(=O)(=O)Nc2ccccc2F)cc1. The molecule has 0 fully saturated rings. The first-order valence-corrected chi connectivity index (χ1v) is 9.37. The van der Waals surface area contributed by atoms with Crippen molar-refractivity contribution in [1.82, 2.24) is 5.32 Å². The Bertz CT molecular complexity index is 849. The zero-order valence-electron chi connectivity index (χ0n) is 14.3. The van der Waals surface area contributed by atoms with Crippen LogP contribution in [0.25, 0.3) is 0 Å². The van der Waals surface area contributed by atoms with Crippen molar-refractivity contribution in [2.24, 2.45) is 5.92 Å². The minimum Gasteiger partial charge on any atom is -0.349 e. The van der Waals surface area contributed by atoms with Crippen LogP contribution in [0.2, 0.25) is 0 Å². The van der Waals surface area contributed by atoms with Crippen LogP contribution in [-0.4, -0.2) is 20.4 Å². The van der Waals surface area contributed by atoms with Crippen molar-refractivity contribution in [2.75, 3.05) is 4.72 Å². The predicted molar refractivity (Wildman–Crippen MR) is 95.4 cm³/mol. The van der Waals surface area contributed by atoms with Crippen LogP contribution in [0.4, 0.5) is 10.1 Å². The topological polar surface area (TPSA) is 75.3 Å². The molecule has 2 N–H and O–H groups in total. The van der Waals surface area contributed by atoms with Gasteiger partial charge >= 0.3 is 0 Å². The Morgan fingerprint density at radius 3 is 2.16 bits per heavy atom. The second-order valence-corrected chi connectivity index (χ2v) is 7.80. The van der Waals surface area contributed by atoms with Gasteiger partial charge in [-0.15, -0.1) is 0 Å². The first kappa shape index (κ1) is 18.9. The molecule has 134 valence electrons. The summed E-state index contributed by atoms with van der Waals surface area (Å²) < 4.78 is 40.5. The van der Waals surface area contributed by atoms with Gasteiger partial charge in [-0.05, 0) is 49.2 Å². The molecule has 0 aliphatic heterocycles. The minimum absolute atomic E-state index is 0.00127. The van der Waals surface area contributed by atoms with Crippen LogP contribution in [0.5, 0.6) is 0 Å². The van der Waals surface area contributed by atoms with Gasteiger partial charge in [0.1, 0.15) is 5.82 Å². The molecule has 2 rings (SSSR count). The van der Waals surface area contributed by atoms with E-state index >= 15 is 0 Å². The maximum Gasteiger partial charge on any atom is 0.261 e. The fourth-order valence-electron chi connectivity index (χ4n) is 1.99.